The lowest BCUT2D eigenvalue weighted by Crippen LogP contribution is -2.14. The van der Waals surface area contributed by atoms with Crippen LogP contribution in [0.2, 0.25) is 0 Å². The summed E-state index contributed by atoms with van der Waals surface area (Å²) in [5, 5.41) is 0.975. The van der Waals surface area contributed by atoms with Gasteiger partial charge in [-0.15, -0.1) is 0 Å². The molecule has 3 heteroatoms. The lowest BCUT2D eigenvalue weighted by molar-refractivity contribution is 0.0906. The molecule has 0 saturated carbocycles. The van der Waals surface area contributed by atoms with Crippen molar-refractivity contribution in [2.45, 2.75) is 46.5 Å². The Morgan fingerprint density at radius 3 is 2.52 bits per heavy atom. The fourth-order valence-electron chi connectivity index (χ4n) is 2.88. The molecule has 0 atom stereocenters. The number of ether oxygens (including phenoxy) is 1. The first-order valence-corrected chi connectivity index (χ1v) is 7.99. The number of benzene rings is 1. The lowest BCUT2D eigenvalue weighted by Gasteiger charge is -2.13. The fraction of sp³-hybridized carbons (Fsp3) is 0.500. The number of aromatic amines is 1. The molecule has 1 N–H and O–H groups in total. The number of rotatable bonds is 8. The largest absolute Gasteiger partial charge is 0.494 e. The van der Waals surface area contributed by atoms with E-state index >= 15 is 0 Å². The summed E-state index contributed by atoms with van der Waals surface area (Å²) in [6, 6.07) is 5.88. The van der Waals surface area contributed by atoms with Gasteiger partial charge in [-0.3, -0.25) is 4.79 Å². The minimum Gasteiger partial charge on any atom is -0.494 e. The molecule has 21 heavy (non-hydrogen) atoms. The first-order chi connectivity index (χ1) is 10.2. The molecule has 0 fully saturated rings. The van der Waals surface area contributed by atoms with Crippen molar-refractivity contribution in [1.29, 1.82) is 0 Å². The average molecular weight is 287 g/mol. The Balaban J connectivity index is 2.35. The van der Waals surface area contributed by atoms with Crippen LogP contribution >= 0.6 is 0 Å². The molecule has 2 rings (SSSR count). The highest BCUT2D eigenvalue weighted by Gasteiger charge is 2.21. The van der Waals surface area contributed by atoms with E-state index in [1.54, 1.807) is 0 Å². The second-order valence-electron chi connectivity index (χ2n) is 5.48. The molecule has 0 unspecified atom stereocenters. The minimum absolute atomic E-state index is 0.134. The van der Waals surface area contributed by atoms with Crippen LogP contribution in [0.1, 0.15) is 56.8 Å². The summed E-state index contributed by atoms with van der Waals surface area (Å²) < 4.78 is 5.55. The highest BCUT2D eigenvalue weighted by atomic mass is 16.5. The van der Waals surface area contributed by atoms with Crippen molar-refractivity contribution < 1.29 is 9.53 Å². The SMILES string of the molecule is CCCC(CCC)C(=O)c1c[nH]c2ccc(OCC)cc12. The van der Waals surface area contributed by atoms with E-state index in [9.17, 15) is 4.79 Å². The van der Waals surface area contributed by atoms with Crippen LogP contribution < -0.4 is 4.74 Å². The van der Waals surface area contributed by atoms with E-state index in [4.69, 9.17) is 4.74 Å². The zero-order valence-corrected chi connectivity index (χ0v) is 13.2. The van der Waals surface area contributed by atoms with Gasteiger partial charge in [0.15, 0.2) is 5.78 Å². The molecule has 1 aromatic carbocycles. The van der Waals surface area contributed by atoms with Crippen molar-refractivity contribution in [3.05, 3.63) is 30.0 Å². The van der Waals surface area contributed by atoms with E-state index < -0.39 is 0 Å². The number of carbonyl (C=O) groups is 1. The Labute approximate surface area is 126 Å². The van der Waals surface area contributed by atoms with Crippen molar-refractivity contribution in [3.8, 4) is 5.75 Å². The van der Waals surface area contributed by atoms with Gasteiger partial charge in [0.1, 0.15) is 5.75 Å². The van der Waals surface area contributed by atoms with Gasteiger partial charge in [0.2, 0.25) is 0 Å². The number of aromatic nitrogens is 1. The Bertz CT molecular complexity index is 594. The summed E-state index contributed by atoms with van der Waals surface area (Å²) in [5.74, 6) is 1.22. The van der Waals surface area contributed by atoms with Crippen LogP contribution in [0, 0.1) is 5.92 Å². The van der Waals surface area contributed by atoms with Crippen LogP contribution in [0.3, 0.4) is 0 Å². The van der Waals surface area contributed by atoms with Gasteiger partial charge < -0.3 is 9.72 Å². The van der Waals surface area contributed by atoms with Crippen molar-refractivity contribution >= 4 is 16.7 Å². The first kappa shape index (κ1) is 15.6. The van der Waals surface area contributed by atoms with Gasteiger partial charge in [-0.05, 0) is 38.0 Å². The van der Waals surface area contributed by atoms with Crippen molar-refractivity contribution in [2.24, 2.45) is 5.92 Å². The second kappa shape index (κ2) is 7.30. The molecule has 0 aliphatic heterocycles. The zero-order valence-electron chi connectivity index (χ0n) is 13.2. The third kappa shape index (κ3) is 3.46. The van der Waals surface area contributed by atoms with E-state index in [1.165, 1.54) is 0 Å². The Hall–Kier alpha value is -1.77. The van der Waals surface area contributed by atoms with Crippen LogP contribution in [-0.2, 0) is 0 Å². The number of ketones is 1. The molecule has 1 aromatic heterocycles. The van der Waals surface area contributed by atoms with E-state index in [1.807, 2.05) is 31.3 Å². The van der Waals surface area contributed by atoms with E-state index in [0.717, 1.165) is 47.9 Å². The van der Waals surface area contributed by atoms with Crippen LogP contribution in [0.5, 0.6) is 5.75 Å². The fourth-order valence-corrected chi connectivity index (χ4v) is 2.88. The summed E-state index contributed by atoms with van der Waals surface area (Å²) in [6.45, 7) is 6.87. The first-order valence-electron chi connectivity index (χ1n) is 7.99. The molecule has 0 bridgehead atoms. The van der Waals surface area contributed by atoms with Gasteiger partial charge in [-0.2, -0.15) is 0 Å². The van der Waals surface area contributed by atoms with Crippen LogP contribution in [0.4, 0.5) is 0 Å². The number of hydrogen-bond acceptors (Lipinski definition) is 2. The summed E-state index contributed by atoms with van der Waals surface area (Å²) >= 11 is 0. The zero-order chi connectivity index (χ0) is 15.2. The third-order valence-corrected chi connectivity index (χ3v) is 3.87. The second-order valence-corrected chi connectivity index (χ2v) is 5.48. The van der Waals surface area contributed by atoms with Gasteiger partial charge >= 0.3 is 0 Å². The topological polar surface area (TPSA) is 42.1 Å². The predicted molar refractivity (Wildman–Crippen MR) is 87.1 cm³/mol. The number of hydrogen-bond donors (Lipinski definition) is 1. The molecular weight excluding hydrogens is 262 g/mol. The molecule has 0 amide bonds. The van der Waals surface area contributed by atoms with E-state index in [-0.39, 0.29) is 11.7 Å². The molecule has 114 valence electrons. The number of H-pyrrole nitrogens is 1. The van der Waals surface area contributed by atoms with Gasteiger partial charge in [-0.25, -0.2) is 0 Å². The monoisotopic (exact) mass is 287 g/mol. The Kier molecular flexibility index (Phi) is 5.43. The number of fused-ring (bicyclic) bond motifs is 1. The Morgan fingerprint density at radius 2 is 1.90 bits per heavy atom. The lowest BCUT2D eigenvalue weighted by atomic mass is 9.89. The van der Waals surface area contributed by atoms with Crippen molar-refractivity contribution in [3.63, 3.8) is 0 Å². The molecule has 1 heterocycles. The quantitative estimate of drug-likeness (QED) is 0.697. The van der Waals surface area contributed by atoms with Crippen LogP contribution in [0.15, 0.2) is 24.4 Å². The predicted octanol–water partition coefficient (Wildman–Crippen LogP) is 4.97. The maximum Gasteiger partial charge on any atom is 0.168 e. The van der Waals surface area contributed by atoms with Crippen molar-refractivity contribution in [2.75, 3.05) is 6.61 Å². The molecular formula is C18H25NO2. The molecule has 0 saturated heterocycles. The average Bonchev–Trinajstić information content (AvgIpc) is 2.90. The molecule has 2 aromatic rings. The molecule has 0 radical (unpaired) electrons. The van der Waals surface area contributed by atoms with Gasteiger partial charge in [-0.1, -0.05) is 26.7 Å². The van der Waals surface area contributed by atoms with Gasteiger partial charge in [0.25, 0.3) is 0 Å². The normalized spacial score (nSPS) is 11.2. The number of Topliss-reactive ketones (excluding diaryl/α,β-unsaturated/α-hetero) is 1. The number of nitrogens with one attached hydrogen (secondary N) is 1. The van der Waals surface area contributed by atoms with E-state index in [0.29, 0.717) is 6.61 Å². The van der Waals surface area contributed by atoms with Crippen molar-refractivity contribution in [1.82, 2.24) is 4.98 Å². The maximum atomic E-state index is 12.8. The summed E-state index contributed by atoms with van der Waals surface area (Å²) in [6.07, 6.45) is 5.86. The molecule has 0 spiro atoms. The highest BCUT2D eigenvalue weighted by Crippen LogP contribution is 2.28. The van der Waals surface area contributed by atoms with Crippen LogP contribution in [0.25, 0.3) is 10.9 Å². The van der Waals surface area contributed by atoms with Gasteiger partial charge in [0.05, 0.1) is 6.61 Å². The summed E-state index contributed by atoms with van der Waals surface area (Å²) in [4.78, 5) is 16.0. The molecule has 0 aliphatic rings. The van der Waals surface area contributed by atoms with Crippen LogP contribution in [-0.4, -0.2) is 17.4 Å². The summed E-state index contributed by atoms with van der Waals surface area (Å²) in [7, 11) is 0. The minimum atomic E-state index is 0.134. The smallest absolute Gasteiger partial charge is 0.168 e. The highest BCUT2D eigenvalue weighted by molar-refractivity contribution is 6.09. The maximum absolute atomic E-state index is 12.8. The summed E-state index contributed by atoms with van der Waals surface area (Å²) in [5.41, 5.74) is 1.80. The Morgan fingerprint density at radius 1 is 1.19 bits per heavy atom. The van der Waals surface area contributed by atoms with Gasteiger partial charge in [0, 0.05) is 28.6 Å². The standard InChI is InChI=1S/C18H25NO2/c1-4-7-13(8-5-2)18(20)16-12-19-17-10-9-14(21-6-3)11-15(16)17/h9-13,19H,4-8H2,1-3H3. The third-order valence-electron chi connectivity index (χ3n) is 3.87. The molecule has 3 nitrogen and oxygen atoms in total. The number of carbonyl (C=O) groups excluding carboxylic acids is 1. The molecule has 0 aliphatic carbocycles. The van der Waals surface area contributed by atoms with E-state index in [2.05, 4.69) is 18.8 Å².